The zero-order valence-corrected chi connectivity index (χ0v) is 8.86. The molecule has 0 aromatic heterocycles. The fourth-order valence-corrected chi connectivity index (χ4v) is 2.24. The van der Waals surface area contributed by atoms with Crippen molar-refractivity contribution in [2.24, 2.45) is 11.8 Å². The van der Waals surface area contributed by atoms with Crippen molar-refractivity contribution in [3.8, 4) is 0 Å². The first-order chi connectivity index (χ1) is 5.01. The quantitative estimate of drug-likeness (QED) is 0.661. The summed E-state index contributed by atoms with van der Waals surface area (Å²) < 4.78 is 0. The molecule has 1 nitrogen and oxygen atoms in total. The van der Waals surface area contributed by atoms with Crippen LogP contribution < -0.4 is 5.32 Å². The first-order valence-electron chi connectivity index (χ1n) is 4.70. The van der Waals surface area contributed by atoms with Crippen LogP contribution in [0, 0.1) is 11.8 Å². The Bertz CT molecular complexity index is 91.4. The summed E-state index contributed by atoms with van der Waals surface area (Å²) in [5, 5.41) is 3.46. The fraction of sp³-hybridized carbons (Fsp3) is 1.00. The SMILES string of the molecule is CCC(NC)(C(C)C)C(C)C. The molecule has 0 aliphatic heterocycles. The largest absolute Gasteiger partial charge is 0.314 e. The summed E-state index contributed by atoms with van der Waals surface area (Å²) in [6, 6.07) is 0. The van der Waals surface area contributed by atoms with E-state index in [0.29, 0.717) is 17.4 Å². The summed E-state index contributed by atoms with van der Waals surface area (Å²) in [6.07, 6.45) is 1.21. The highest BCUT2D eigenvalue weighted by atomic mass is 15.0. The maximum absolute atomic E-state index is 3.46. The molecule has 0 aliphatic rings. The minimum absolute atomic E-state index is 0.333. The normalized spacial score (nSPS) is 13.1. The van der Waals surface area contributed by atoms with E-state index >= 15 is 0 Å². The summed E-state index contributed by atoms with van der Waals surface area (Å²) >= 11 is 0. The molecule has 0 amide bonds. The van der Waals surface area contributed by atoms with Gasteiger partial charge >= 0.3 is 0 Å². The number of nitrogens with one attached hydrogen (secondary N) is 1. The molecule has 0 unspecified atom stereocenters. The standard InChI is InChI=1S/C10H23N/c1-7-10(11-6,8(2)3)9(4)5/h8-9,11H,7H2,1-6H3. The van der Waals surface area contributed by atoms with Crippen molar-refractivity contribution in [1.29, 1.82) is 0 Å². The van der Waals surface area contributed by atoms with Crippen molar-refractivity contribution in [2.75, 3.05) is 7.05 Å². The second kappa shape index (κ2) is 4.10. The lowest BCUT2D eigenvalue weighted by molar-refractivity contribution is 0.170. The average molecular weight is 157 g/mol. The predicted molar refractivity (Wildman–Crippen MR) is 51.8 cm³/mol. The molecule has 0 atom stereocenters. The molecule has 0 aromatic carbocycles. The second-order valence-corrected chi connectivity index (χ2v) is 3.95. The Morgan fingerprint density at radius 3 is 1.45 bits per heavy atom. The van der Waals surface area contributed by atoms with E-state index < -0.39 is 0 Å². The average Bonchev–Trinajstić information content (AvgIpc) is 1.90. The lowest BCUT2D eigenvalue weighted by atomic mass is 9.75. The van der Waals surface area contributed by atoms with Gasteiger partial charge in [0.05, 0.1) is 0 Å². The molecule has 0 aliphatic carbocycles. The van der Waals surface area contributed by atoms with Crippen molar-refractivity contribution >= 4 is 0 Å². The van der Waals surface area contributed by atoms with Crippen LogP contribution in [0.15, 0.2) is 0 Å². The smallest absolute Gasteiger partial charge is 0.0221 e. The lowest BCUT2D eigenvalue weighted by Crippen LogP contribution is -2.51. The van der Waals surface area contributed by atoms with Gasteiger partial charge in [0.1, 0.15) is 0 Å². The predicted octanol–water partition coefficient (Wildman–Crippen LogP) is 2.67. The Morgan fingerprint density at radius 1 is 1.09 bits per heavy atom. The molecule has 68 valence electrons. The monoisotopic (exact) mass is 157 g/mol. The summed E-state index contributed by atoms with van der Waals surface area (Å²) in [5.41, 5.74) is 0.333. The van der Waals surface area contributed by atoms with Gasteiger partial charge in [-0.05, 0) is 25.3 Å². The van der Waals surface area contributed by atoms with Crippen LogP contribution in [0.5, 0.6) is 0 Å². The zero-order chi connectivity index (χ0) is 9.07. The topological polar surface area (TPSA) is 12.0 Å². The highest BCUT2D eigenvalue weighted by molar-refractivity contribution is 4.91. The number of hydrogen-bond acceptors (Lipinski definition) is 1. The molecule has 0 spiro atoms. The minimum Gasteiger partial charge on any atom is -0.314 e. The Balaban J connectivity index is 4.46. The maximum atomic E-state index is 3.46. The summed E-state index contributed by atoms with van der Waals surface area (Å²) in [6.45, 7) is 11.4. The van der Waals surface area contributed by atoms with Crippen molar-refractivity contribution in [3.63, 3.8) is 0 Å². The second-order valence-electron chi connectivity index (χ2n) is 3.95. The molecule has 0 fully saturated rings. The van der Waals surface area contributed by atoms with Gasteiger partial charge in [0.15, 0.2) is 0 Å². The van der Waals surface area contributed by atoms with E-state index in [9.17, 15) is 0 Å². The third kappa shape index (κ3) is 1.96. The van der Waals surface area contributed by atoms with E-state index in [0.717, 1.165) is 0 Å². The van der Waals surface area contributed by atoms with Crippen molar-refractivity contribution in [1.82, 2.24) is 5.32 Å². The van der Waals surface area contributed by atoms with Crippen LogP contribution in [0.3, 0.4) is 0 Å². The van der Waals surface area contributed by atoms with Crippen molar-refractivity contribution in [2.45, 2.75) is 46.6 Å². The van der Waals surface area contributed by atoms with Gasteiger partial charge in [-0.1, -0.05) is 34.6 Å². The van der Waals surface area contributed by atoms with E-state index in [1.807, 2.05) is 0 Å². The summed E-state index contributed by atoms with van der Waals surface area (Å²) in [5.74, 6) is 1.41. The lowest BCUT2D eigenvalue weighted by Gasteiger charge is -2.40. The van der Waals surface area contributed by atoms with Crippen LogP contribution in [0.1, 0.15) is 41.0 Å². The fourth-order valence-electron chi connectivity index (χ4n) is 2.24. The Hall–Kier alpha value is -0.0400. The highest BCUT2D eigenvalue weighted by Gasteiger charge is 2.32. The highest BCUT2D eigenvalue weighted by Crippen LogP contribution is 2.28. The van der Waals surface area contributed by atoms with Crippen LogP contribution >= 0.6 is 0 Å². The Labute approximate surface area is 71.6 Å². The van der Waals surface area contributed by atoms with Crippen molar-refractivity contribution < 1.29 is 0 Å². The molecule has 11 heavy (non-hydrogen) atoms. The first kappa shape index (κ1) is 11.0. The van der Waals surface area contributed by atoms with Gasteiger partial charge < -0.3 is 5.32 Å². The number of rotatable bonds is 4. The Kier molecular flexibility index (Phi) is 4.09. The summed E-state index contributed by atoms with van der Waals surface area (Å²) in [7, 11) is 2.07. The van der Waals surface area contributed by atoms with Crippen LogP contribution in [0.25, 0.3) is 0 Å². The van der Waals surface area contributed by atoms with Gasteiger partial charge in [-0.3, -0.25) is 0 Å². The van der Waals surface area contributed by atoms with Crippen LogP contribution in [-0.2, 0) is 0 Å². The number of hydrogen-bond donors (Lipinski definition) is 1. The molecule has 0 aromatic rings. The molecule has 0 heterocycles. The third-order valence-corrected chi connectivity index (χ3v) is 3.11. The van der Waals surface area contributed by atoms with E-state index in [4.69, 9.17) is 0 Å². The first-order valence-corrected chi connectivity index (χ1v) is 4.70. The molecule has 0 bridgehead atoms. The van der Waals surface area contributed by atoms with E-state index in [2.05, 4.69) is 47.0 Å². The van der Waals surface area contributed by atoms with Gasteiger partial charge in [-0.25, -0.2) is 0 Å². The van der Waals surface area contributed by atoms with Gasteiger partial charge in [0, 0.05) is 5.54 Å². The molecule has 0 radical (unpaired) electrons. The van der Waals surface area contributed by atoms with Gasteiger partial charge in [-0.2, -0.15) is 0 Å². The molecule has 0 rings (SSSR count). The molecule has 0 saturated heterocycles. The van der Waals surface area contributed by atoms with E-state index in [1.165, 1.54) is 6.42 Å². The van der Waals surface area contributed by atoms with E-state index in [-0.39, 0.29) is 0 Å². The van der Waals surface area contributed by atoms with E-state index in [1.54, 1.807) is 0 Å². The maximum Gasteiger partial charge on any atom is 0.0221 e. The van der Waals surface area contributed by atoms with Crippen LogP contribution in [0.2, 0.25) is 0 Å². The molecular formula is C10H23N. The van der Waals surface area contributed by atoms with Crippen LogP contribution in [-0.4, -0.2) is 12.6 Å². The molecule has 0 saturated carbocycles. The molecule has 1 heteroatoms. The zero-order valence-electron chi connectivity index (χ0n) is 8.86. The Morgan fingerprint density at radius 2 is 1.45 bits per heavy atom. The van der Waals surface area contributed by atoms with Crippen molar-refractivity contribution in [3.05, 3.63) is 0 Å². The van der Waals surface area contributed by atoms with Crippen LogP contribution in [0.4, 0.5) is 0 Å². The third-order valence-electron chi connectivity index (χ3n) is 3.11. The molecular weight excluding hydrogens is 134 g/mol. The van der Waals surface area contributed by atoms with Gasteiger partial charge in [0.25, 0.3) is 0 Å². The summed E-state index contributed by atoms with van der Waals surface area (Å²) in [4.78, 5) is 0. The van der Waals surface area contributed by atoms with Gasteiger partial charge in [-0.15, -0.1) is 0 Å². The molecule has 1 N–H and O–H groups in total. The minimum atomic E-state index is 0.333. The van der Waals surface area contributed by atoms with Gasteiger partial charge in [0.2, 0.25) is 0 Å².